The Hall–Kier alpha value is -1.05. The summed E-state index contributed by atoms with van der Waals surface area (Å²) in [7, 11) is -2.19. The van der Waals surface area contributed by atoms with Gasteiger partial charge in [-0.25, -0.2) is 4.31 Å². The Bertz CT molecular complexity index is 617. The van der Waals surface area contributed by atoms with Crippen LogP contribution in [0.15, 0.2) is 35.2 Å². The number of benzene rings is 1. The molecule has 0 bridgehead atoms. The minimum absolute atomic E-state index is 0.119. The first kappa shape index (κ1) is 17.3. The van der Waals surface area contributed by atoms with Crippen LogP contribution < -0.4 is 0 Å². The Morgan fingerprint density at radius 1 is 1.23 bits per heavy atom. The summed E-state index contributed by atoms with van der Waals surface area (Å²) < 4.78 is 27.0. The number of carbonyl (C=O) groups excluding carboxylic acids is 1. The van der Waals surface area contributed by atoms with Gasteiger partial charge in [0.15, 0.2) is 0 Å². The van der Waals surface area contributed by atoms with Gasteiger partial charge in [0, 0.05) is 11.9 Å². The van der Waals surface area contributed by atoms with Gasteiger partial charge in [0.1, 0.15) is 6.04 Å². The molecule has 1 saturated heterocycles. The fraction of sp³-hybridized carbons (Fsp3) is 0.533. The quantitative estimate of drug-likeness (QED) is 0.746. The summed E-state index contributed by atoms with van der Waals surface area (Å²) >= 11 is 1.35. The fourth-order valence-corrected chi connectivity index (χ4v) is 4.94. The summed E-state index contributed by atoms with van der Waals surface area (Å²) in [6.45, 7) is 4.13. The van der Waals surface area contributed by atoms with E-state index in [1.54, 1.807) is 0 Å². The van der Waals surface area contributed by atoms with E-state index in [0.29, 0.717) is 12.3 Å². The van der Waals surface area contributed by atoms with E-state index in [0.717, 1.165) is 15.6 Å². The number of nitrogens with zero attached hydrogens (tertiary/aromatic N) is 2. The normalized spacial score (nSPS) is 21.7. The van der Waals surface area contributed by atoms with Crippen LogP contribution in [0.1, 0.15) is 26.7 Å². The lowest BCUT2D eigenvalue weighted by Crippen LogP contribution is -2.32. The van der Waals surface area contributed by atoms with Gasteiger partial charge < -0.3 is 0 Å². The highest BCUT2D eigenvalue weighted by Crippen LogP contribution is 2.29. The van der Waals surface area contributed by atoms with Crippen molar-refractivity contribution in [2.24, 2.45) is 5.92 Å². The zero-order valence-electron chi connectivity index (χ0n) is 13.1. The van der Waals surface area contributed by atoms with Crippen LogP contribution in [-0.4, -0.2) is 41.9 Å². The first-order valence-electron chi connectivity index (χ1n) is 7.31. The van der Waals surface area contributed by atoms with Gasteiger partial charge in [-0.2, -0.15) is 12.7 Å². The standard InChI is InChI=1S/C15H22N2O3S2/c1-12(2)9-10-14-15(18)17(22(19,20)16(14)3)11-21-13-7-5-4-6-8-13/h4-8,12,14H,9-11H2,1-3H3. The van der Waals surface area contributed by atoms with Gasteiger partial charge in [0.05, 0.1) is 5.88 Å². The third-order valence-corrected chi connectivity index (χ3v) is 6.73. The molecule has 0 saturated carbocycles. The molecule has 1 amide bonds. The molecule has 1 aromatic carbocycles. The molecule has 1 unspecified atom stereocenters. The van der Waals surface area contributed by atoms with E-state index in [2.05, 4.69) is 13.8 Å². The highest BCUT2D eigenvalue weighted by atomic mass is 32.2. The van der Waals surface area contributed by atoms with Gasteiger partial charge in [0.25, 0.3) is 5.91 Å². The average Bonchev–Trinajstić information content (AvgIpc) is 2.63. The second-order valence-electron chi connectivity index (χ2n) is 5.78. The van der Waals surface area contributed by atoms with E-state index in [-0.39, 0.29) is 11.8 Å². The molecule has 1 aliphatic rings. The van der Waals surface area contributed by atoms with Crippen molar-refractivity contribution in [1.82, 2.24) is 8.61 Å². The van der Waals surface area contributed by atoms with E-state index in [9.17, 15) is 13.2 Å². The molecular formula is C15H22N2O3S2. The SMILES string of the molecule is CC(C)CCC1C(=O)N(CSc2ccccc2)S(=O)(=O)N1C. The van der Waals surface area contributed by atoms with Crippen LogP contribution in [0.25, 0.3) is 0 Å². The first-order chi connectivity index (χ1) is 10.3. The van der Waals surface area contributed by atoms with Crippen molar-refractivity contribution >= 4 is 27.9 Å². The zero-order valence-corrected chi connectivity index (χ0v) is 14.7. The number of thioether (sulfide) groups is 1. The molecule has 0 aliphatic carbocycles. The van der Waals surface area contributed by atoms with Gasteiger partial charge in [-0.3, -0.25) is 4.79 Å². The highest BCUT2D eigenvalue weighted by molar-refractivity contribution is 8.00. The molecular weight excluding hydrogens is 320 g/mol. The van der Waals surface area contributed by atoms with Crippen LogP contribution in [0.4, 0.5) is 0 Å². The Kier molecular flexibility index (Phi) is 5.52. The minimum atomic E-state index is -3.69. The van der Waals surface area contributed by atoms with Gasteiger partial charge in [-0.05, 0) is 30.9 Å². The van der Waals surface area contributed by atoms with Crippen molar-refractivity contribution in [2.75, 3.05) is 12.9 Å². The summed E-state index contributed by atoms with van der Waals surface area (Å²) in [4.78, 5) is 13.4. The third-order valence-electron chi connectivity index (χ3n) is 3.72. The smallest absolute Gasteiger partial charge is 0.272 e. The molecule has 122 valence electrons. The summed E-state index contributed by atoms with van der Waals surface area (Å²) in [6.07, 6.45) is 1.40. The van der Waals surface area contributed by atoms with Crippen LogP contribution in [-0.2, 0) is 15.0 Å². The molecule has 1 atom stereocenters. The van der Waals surface area contributed by atoms with Gasteiger partial charge in [-0.1, -0.05) is 32.0 Å². The second-order valence-corrected chi connectivity index (χ2v) is 8.71. The molecule has 1 aromatic rings. The van der Waals surface area contributed by atoms with Gasteiger partial charge >= 0.3 is 10.2 Å². The molecule has 5 nitrogen and oxygen atoms in total. The number of carbonyl (C=O) groups is 1. The van der Waals surface area contributed by atoms with E-state index >= 15 is 0 Å². The van der Waals surface area contributed by atoms with Crippen molar-refractivity contribution in [3.8, 4) is 0 Å². The predicted molar refractivity (Wildman–Crippen MR) is 88.6 cm³/mol. The van der Waals surface area contributed by atoms with Crippen molar-refractivity contribution in [1.29, 1.82) is 0 Å². The van der Waals surface area contributed by atoms with E-state index in [1.807, 2.05) is 30.3 Å². The summed E-state index contributed by atoms with van der Waals surface area (Å²) in [5.74, 6) is 0.247. The Balaban J connectivity index is 2.08. The Morgan fingerprint density at radius 3 is 2.45 bits per heavy atom. The van der Waals surface area contributed by atoms with Gasteiger partial charge in [0.2, 0.25) is 0 Å². The molecule has 7 heteroatoms. The first-order valence-corrected chi connectivity index (χ1v) is 9.69. The molecule has 0 radical (unpaired) electrons. The van der Waals surface area contributed by atoms with E-state index in [4.69, 9.17) is 0 Å². The maximum Gasteiger partial charge on any atom is 0.307 e. The molecule has 22 heavy (non-hydrogen) atoms. The molecule has 1 heterocycles. The van der Waals surface area contributed by atoms with Crippen LogP contribution in [0, 0.1) is 5.92 Å². The van der Waals surface area contributed by atoms with E-state index in [1.165, 1.54) is 23.1 Å². The Labute approximate surface area is 136 Å². The lowest BCUT2D eigenvalue weighted by Gasteiger charge is -2.16. The van der Waals surface area contributed by atoms with Crippen molar-refractivity contribution < 1.29 is 13.2 Å². The number of hydrogen-bond acceptors (Lipinski definition) is 4. The maximum absolute atomic E-state index is 12.5. The molecule has 0 N–H and O–H groups in total. The largest absolute Gasteiger partial charge is 0.307 e. The third kappa shape index (κ3) is 3.64. The van der Waals surface area contributed by atoms with Crippen molar-refractivity contribution in [3.63, 3.8) is 0 Å². The number of rotatable bonds is 6. The minimum Gasteiger partial charge on any atom is -0.272 e. The zero-order chi connectivity index (χ0) is 16.3. The summed E-state index contributed by atoms with van der Waals surface area (Å²) in [6, 6.07) is 8.91. The number of likely N-dealkylation sites (N-methyl/N-ethyl adjacent to an activating group) is 1. The lowest BCUT2D eigenvalue weighted by molar-refractivity contribution is -0.127. The van der Waals surface area contributed by atoms with Crippen LogP contribution in [0.3, 0.4) is 0 Å². The maximum atomic E-state index is 12.5. The van der Waals surface area contributed by atoms with Gasteiger partial charge in [-0.15, -0.1) is 11.8 Å². The number of hydrogen-bond donors (Lipinski definition) is 0. The topological polar surface area (TPSA) is 57.7 Å². The monoisotopic (exact) mass is 342 g/mol. The predicted octanol–water partition coefficient (Wildman–Crippen LogP) is 2.56. The molecule has 1 aliphatic heterocycles. The molecule has 0 spiro atoms. The Morgan fingerprint density at radius 2 is 1.86 bits per heavy atom. The number of amides is 1. The van der Waals surface area contributed by atoms with Crippen molar-refractivity contribution in [2.45, 2.75) is 37.6 Å². The summed E-state index contributed by atoms with van der Waals surface area (Å²) in [5, 5.41) is 0. The van der Waals surface area contributed by atoms with E-state index < -0.39 is 16.3 Å². The molecule has 1 fully saturated rings. The molecule has 2 rings (SSSR count). The lowest BCUT2D eigenvalue weighted by atomic mass is 10.0. The molecule has 0 aromatic heterocycles. The second kappa shape index (κ2) is 7.02. The van der Waals surface area contributed by atoms with Crippen molar-refractivity contribution in [3.05, 3.63) is 30.3 Å². The fourth-order valence-electron chi connectivity index (χ4n) is 2.33. The highest BCUT2D eigenvalue weighted by Gasteiger charge is 2.47. The average molecular weight is 342 g/mol. The van der Waals surface area contributed by atoms with Crippen LogP contribution in [0.2, 0.25) is 0 Å². The summed E-state index contributed by atoms with van der Waals surface area (Å²) in [5.41, 5.74) is 0. The van der Waals surface area contributed by atoms with Crippen LogP contribution >= 0.6 is 11.8 Å². The van der Waals surface area contributed by atoms with Crippen LogP contribution in [0.5, 0.6) is 0 Å².